The molecule has 15 heavy (non-hydrogen) atoms. The predicted molar refractivity (Wildman–Crippen MR) is 66.0 cm³/mol. The Hall–Kier alpha value is 0.0569. The Morgan fingerprint density at radius 2 is 1.60 bits per heavy atom. The van der Waals surface area contributed by atoms with Crippen LogP contribution in [0.3, 0.4) is 0 Å². The van der Waals surface area contributed by atoms with Crippen LogP contribution in [-0.4, -0.2) is 35.9 Å². The molecule has 0 aromatic heterocycles. The number of nitrogens with two attached hydrogens (primary N) is 2. The fraction of sp³-hybridized carbons (Fsp3) is 1.00. The monoisotopic (exact) mass is 234 g/mol. The van der Waals surface area contributed by atoms with Crippen LogP contribution in [0.2, 0.25) is 11.6 Å². The van der Waals surface area contributed by atoms with Crippen LogP contribution < -0.4 is 11.5 Å². The van der Waals surface area contributed by atoms with Crippen molar-refractivity contribution in [2.75, 3.05) is 27.3 Å². The maximum absolute atomic E-state index is 5.67. The standard InChI is InChI=1S/C10H26N2O2Si/c1-10(6-4-7-11)15(13-2,14-3)9-5-8-12/h10H,4-9,11-12H2,1-3H3. The van der Waals surface area contributed by atoms with Gasteiger partial charge in [0.1, 0.15) is 0 Å². The van der Waals surface area contributed by atoms with Crippen molar-refractivity contribution in [3.05, 3.63) is 0 Å². The van der Waals surface area contributed by atoms with Crippen LogP contribution in [0.1, 0.15) is 26.2 Å². The zero-order chi connectivity index (χ0) is 11.7. The van der Waals surface area contributed by atoms with Gasteiger partial charge in [-0.05, 0) is 43.9 Å². The average molecular weight is 234 g/mol. The molecule has 0 aliphatic rings. The first-order valence-corrected chi connectivity index (χ1v) is 7.77. The van der Waals surface area contributed by atoms with Crippen LogP contribution in [0, 0.1) is 0 Å². The van der Waals surface area contributed by atoms with E-state index in [1.807, 2.05) is 0 Å². The summed E-state index contributed by atoms with van der Waals surface area (Å²) in [5.74, 6) is 0. The highest BCUT2D eigenvalue weighted by Crippen LogP contribution is 2.31. The van der Waals surface area contributed by atoms with E-state index in [4.69, 9.17) is 20.3 Å². The molecule has 0 aromatic carbocycles. The van der Waals surface area contributed by atoms with Crippen LogP contribution in [0.15, 0.2) is 0 Å². The van der Waals surface area contributed by atoms with Gasteiger partial charge in [0.25, 0.3) is 0 Å². The van der Waals surface area contributed by atoms with Gasteiger partial charge >= 0.3 is 8.56 Å². The van der Waals surface area contributed by atoms with Gasteiger partial charge in [0.05, 0.1) is 0 Å². The third-order valence-corrected chi connectivity index (χ3v) is 7.24. The molecule has 0 bridgehead atoms. The molecule has 4 nitrogen and oxygen atoms in total. The molecule has 0 rings (SSSR count). The van der Waals surface area contributed by atoms with E-state index < -0.39 is 8.56 Å². The lowest BCUT2D eigenvalue weighted by Gasteiger charge is -2.33. The minimum absolute atomic E-state index is 0.475. The fourth-order valence-electron chi connectivity index (χ4n) is 1.93. The fourth-order valence-corrected chi connectivity index (χ4v) is 5.14. The van der Waals surface area contributed by atoms with Crippen LogP contribution in [0.5, 0.6) is 0 Å². The summed E-state index contributed by atoms with van der Waals surface area (Å²) in [6.07, 6.45) is 3.08. The molecule has 5 heteroatoms. The highest BCUT2D eigenvalue weighted by molar-refractivity contribution is 6.68. The molecule has 0 aliphatic heterocycles. The van der Waals surface area contributed by atoms with E-state index in [0.717, 1.165) is 31.9 Å². The third kappa shape index (κ3) is 4.61. The van der Waals surface area contributed by atoms with Crippen molar-refractivity contribution in [2.45, 2.75) is 37.8 Å². The smallest absolute Gasteiger partial charge is 0.340 e. The molecule has 0 aromatic rings. The normalized spacial score (nSPS) is 14.2. The lowest BCUT2D eigenvalue weighted by atomic mass is 10.2. The van der Waals surface area contributed by atoms with Crippen LogP contribution >= 0.6 is 0 Å². The van der Waals surface area contributed by atoms with Gasteiger partial charge in [-0.3, -0.25) is 0 Å². The quantitative estimate of drug-likeness (QED) is 0.588. The molecule has 0 fully saturated rings. The summed E-state index contributed by atoms with van der Waals surface area (Å²) in [5.41, 5.74) is 11.5. The van der Waals surface area contributed by atoms with E-state index in [0.29, 0.717) is 12.1 Å². The van der Waals surface area contributed by atoms with Gasteiger partial charge in [-0.2, -0.15) is 0 Å². The van der Waals surface area contributed by atoms with Crippen molar-refractivity contribution < 1.29 is 8.85 Å². The SMILES string of the molecule is CO[Si](CCCN)(OC)C(C)CCCN. The maximum atomic E-state index is 5.67. The van der Waals surface area contributed by atoms with Crippen LogP contribution in [-0.2, 0) is 8.85 Å². The van der Waals surface area contributed by atoms with Gasteiger partial charge < -0.3 is 20.3 Å². The summed E-state index contributed by atoms with van der Waals surface area (Å²) in [6, 6.07) is 0.974. The molecule has 0 spiro atoms. The zero-order valence-corrected chi connectivity index (χ0v) is 11.3. The Morgan fingerprint density at radius 3 is 2.00 bits per heavy atom. The Balaban J connectivity index is 4.30. The van der Waals surface area contributed by atoms with Gasteiger partial charge in [-0.25, -0.2) is 0 Å². The molecule has 0 radical (unpaired) electrons. The summed E-state index contributed by atoms with van der Waals surface area (Å²) >= 11 is 0. The van der Waals surface area contributed by atoms with Crippen molar-refractivity contribution in [1.82, 2.24) is 0 Å². The average Bonchev–Trinajstić information content (AvgIpc) is 2.28. The lowest BCUT2D eigenvalue weighted by molar-refractivity contribution is 0.226. The molecule has 0 saturated heterocycles. The lowest BCUT2D eigenvalue weighted by Crippen LogP contribution is -2.44. The van der Waals surface area contributed by atoms with Crippen LogP contribution in [0.25, 0.3) is 0 Å². The minimum atomic E-state index is -2.04. The number of hydrogen-bond acceptors (Lipinski definition) is 4. The van der Waals surface area contributed by atoms with E-state index in [1.165, 1.54) is 0 Å². The highest BCUT2D eigenvalue weighted by Gasteiger charge is 2.40. The van der Waals surface area contributed by atoms with E-state index in [2.05, 4.69) is 6.92 Å². The Bertz CT molecular complexity index is 154. The highest BCUT2D eigenvalue weighted by atomic mass is 28.4. The number of hydrogen-bond donors (Lipinski definition) is 2. The van der Waals surface area contributed by atoms with Gasteiger partial charge in [-0.1, -0.05) is 6.92 Å². The Morgan fingerprint density at radius 1 is 1.07 bits per heavy atom. The zero-order valence-electron chi connectivity index (χ0n) is 10.3. The van der Waals surface area contributed by atoms with Crippen molar-refractivity contribution in [3.63, 3.8) is 0 Å². The van der Waals surface area contributed by atoms with E-state index in [1.54, 1.807) is 14.2 Å². The topological polar surface area (TPSA) is 70.5 Å². The van der Waals surface area contributed by atoms with Crippen molar-refractivity contribution in [1.29, 1.82) is 0 Å². The van der Waals surface area contributed by atoms with Gasteiger partial charge in [0.2, 0.25) is 0 Å². The summed E-state index contributed by atoms with van der Waals surface area (Å²) in [6.45, 7) is 3.63. The first-order valence-electron chi connectivity index (χ1n) is 5.67. The van der Waals surface area contributed by atoms with Gasteiger partial charge in [0.15, 0.2) is 0 Å². The molecule has 0 amide bonds. The molecule has 4 N–H and O–H groups in total. The number of rotatable bonds is 9. The van der Waals surface area contributed by atoms with Gasteiger partial charge in [0, 0.05) is 14.2 Å². The molecule has 0 aliphatic carbocycles. The summed E-state index contributed by atoms with van der Waals surface area (Å²) < 4.78 is 11.3. The largest absolute Gasteiger partial charge is 0.397 e. The minimum Gasteiger partial charge on any atom is -0.397 e. The second kappa shape index (κ2) is 8.24. The van der Waals surface area contributed by atoms with Crippen molar-refractivity contribution >= 4 is 8.56 Å². The first-order chi connectivity index (χ1) is 7.16. The predicted octanol–water partition coefficient (Wildman–Crippen LogP) is 1.20. The summed E-state index contributed by atoms with van der Waals surface area (Å²) in [5, 5.41) is 0. The Labute approximate surface area is 94.6 Å². The third-order valence-electron chi connectivity index (χ3n) is 3.01. The maximum Gasteiger partial charge on any atom is 0.340 e. The first kappa shape index (κ1) is 15.1. The molecule has 0 saturated carbocycles. The van der Waals surface area contributed by atoms with E-state index in [9.17, 15) is 0 Å². The van der Waals surface area contributed by atoms with Crippen molar-refractivity contribution in [2.24, 2.45) is 11.5 Å². The van der Waals surface area contributed by atoms with Crippen LogP contribution in [0.4, 0.5) is 0 Å². The second-order valence-corrected chi connectivity index (χ2v) is 7.87. The summed E-state index contributed by atoms with van der Waals surface area (Å²) in [7, 11) is 1.47. The molecule has 92 valence electrons. The molecular formula is C10H26N2O2Si. The van der Waals surface area contributed by atoms with Gasteiger partial charge in [-0.15, -0.1) is 0 Å². The molecular weight excluding hydrogens is 208 g/mol. The van der Waals surface area contributed by atoms with E-state index in [-0.39, 0.29) is 0 Å². The Kier molecular flexibility index (Phi) is 8.27. The molecule has 1 unspecified atom stereocenters. The molecule has 0 heterocycles. The second-order valence-electron chi connectivity index (χ2n) is 3.94. The van der Waals surface area contributed by atoms with E-state index >= 15 is 0 Å². The molecule has 1 atom stereocenters. The summed E-state index contributed by atoms with van der Waals surface area (Å²) in [4.78, 5) is 0. The van der Waals surface area contributed by atoms with Crippen molar-refractivity contribution in [3.8, 4) is 0 Å².